The summed E-state index contributed by atoms with van der Waals surface area (Å²) in [5.74, 6) is -0.746. The Kier molecular flexibility index (Phi) is 4.91. The van der Waals surface area contributed by atoms with Gasteiger partial charge in [0.1, 0.15) is 0 Å². The van der Waals surface area contributed by atoms with Gasteiger partial charge in [-0.3, -0.25) is 10.1 Å². The summed E-state index contributed by atoms with van der Waals surface area (Å²) >= 11 is 5.78. The van der Waals surface area contributed by atoms with Gasteiger partial charge >= 0.3 is 11.7 Å². The highest BCUT2D eigenvalue weighted by atomic mass is 35.5. The van der Waals surface area contributed by atoms with Gasteiger partial charge in [0.15, 0.2) is 6.61 Å². The smallest absolute Gasteiger partial charge is 0.344 e. The predicted molar refractivity (Wildman–Crippen MR) is 64.8 cm³/mol. The fraction of sp³-hybridized carbons (Fsp3) is 0.364. The van der Waals surface area contributed by atoms with Crippen LogP contribution in [0.15, 0.2) is 18.2 Å². The quantitative estimate of drug-likeness (QED) is 0.468. The Morgan fingerprint density at radius 1 is 1.50 bits per heavy atom. The van der Waals surface area contributed by atoms with Crippen LogP contribution in [-0.4, -0.2) is 23.6 Å². The number of hydrogen-bond acceptors (Lipinski definition) is 5. The fourth-order valence-electron chi connectivity index (χ4n) is 1.21. The van der Waals surface area contributed by atoms with E-state index in [1.165, 1.54) is 18.2 Å². The van der Waals surface area contributed by atoms with Crippen LogP contribution in [0, 0.1) is 10.1 Å². The zero-order chi connectivity index (χ0) is 13.7. The lowest BCUT2D eigenvalue weighted by Gasteiger charge is -2.10. The first-order valence-corrected chi connectivity index (χ1v) is 5.54. The van der Waals surface area contributed by atoms with Gasteiger partial charge in [-0.25, -0.2) is 4.79 Å². The number of halogens is 1. The van der Waals surface area contributed by atoms with Crippen molar-refractivity contribution in [1.29, 1.82) is 0 Å². The molecule has 0 amide bonds. The second-order valence-corrected chi connectivity index (χ2v) is 4.08. The number of para-hydroxylation sites is 1. The van der Waals surface area contributed by atoms with Crippen LogP contribution < -0.4 is 4.74 Å². The van der Waals surface area contributed by atoms with Crippen LogP contribution in [0.4, 0.5) is 5.69 Å². The van der Waals surface area contributed by atoms with Crippen LogP contribution >= 0.6 is 11.6 Å². The Hall–Kier alpha value is -1.82. The number of hydrogen-bond donors (Lipinski definition) is 0. The SMILES string of the molecule is CC(C)OC(=O)COc1c(Cl)cccc1[N+](=O)[O-]. The number of benzene rings is 1. The minimum Gasteiger partial charge on any atom is -0.474 e. The molecule has 0 N–H and O–H groups in total. The summed E-state index contributed by atoms with van der Waals surface area (Å²) in [6.45, 7) is 2.95. The van der Waals surface area contributed by atoms with Crippen molar-refractivity contribution in [1.82, 2.24) is 0 Å². The van der Waals surface area contributed by atoms with Crippen LogP contribution in [0.2, 0.25) is 5.02 Å². The normalized spacial score (nSPS) is 10.2. The average Bonchev–Trinajstić information content (AvgIpc) is 2.25. The molecule has 1 aromatic rings. The lowest BCUT2D eigenvalue weighted by molar-refractivity contribution is -0.385. The summed E-state index contributed by atoms with van der Waals surface area (Å²) in [4.78, 5) is 21.4. The number of carbonyl (C=O) groups excluding carboxylic acids is 1. The van der Waals surface area contributed by atoms with Gasteiger partial charge in [-0.15, -0.1) is 0 Å². The van der Waals surface area contributed by atoms with Crippen LogP contribution in [-0.2, 0) is 9.53 Å². The molecule has 0 saturated carbocycles. The molecule has 0 aliphatic rings. The first-order valence-electron chi connectivity index (χ1n) is 5.17. The van der Waals surface area contributed by atoms with Crippen LogP contribution in [0.3, 0.4) is 0 Å². The molecule has 7 heteroatoms. The molecule has 0 spiro atoms. The van der Waals surface area contributed by atoms with Gasteiger partial charge in [0.25, 0.3) is 0 Å². The van der Waals surface area contributed by atoms with E-state index in [2.05, 4.69) is 0 Å². The van der Waals surface area contributed by atoms with Crippen molar-refractivity contribution in [2.75, 3.05) is 6.61 Å². The van der Waals surface area contributed by atoms with Crippen molar-refractivity contribution >= 4 is 23.3 Å². The fourth-order valence-corrected chi connectivity index (χ4v) is 1.44. The van der Waals surface area contributed by atoms with E-state index in [0.717, 1.165) is 0 Å². The van der Waals surface area contributed by atoms with Crippen molar-refractivity contribution in [2.24, 2.45) is 0 Å². The second-order valence-electron chi connectivity index (χ2n) is 3.67. The van der Waals surface area contributed by atoms with Crippen LogP contribution in [0.25, 0.3) is 0 Å². The predicted octanol–water partition coefficient (Wildman–Crippen LogP) is 2.58. The van der Waals surface area contributed by atoms with E-state index in [1.54, 1.807) is 13.8 Å². The van der Waals surface area contributed by atoms with Crippen molar-refractivity contribution < 1.29 is 19.2 Å². The highest BCUT2D eigenvalue weighted by molar-refractivity contribution is 6.32. The van der Waals surface area contributed by atoms with E-state index in [1.807, 2.05) is 0 Å². The molecule has 0 aliphatic carbocycles. The summed E-state index contributed by atoms with van der Waals surface area (Å²) in [5, 5.41) is 10.8. The number of nitro benzene ring substituents is 1. The number of rotatable bonds is 5. The molecule has 0 heterocycles. The Morgan fingerprint density at radius 3 is 2.72 bits per heavy atom. The van der Waals surface area contributed by atoms with Crippen LogP contribution in [0.5, 0.6) is 5.75 Å². The van der Waals surface area contributed by atoms with E-state index in [9.17, 15) is 14.9 Å². The minimum atomic E-state index is -0.630. The molecule has 0 radical (unpaired) electrons. The zero-order valence-corrected chi connectivity index (χ0v) is 10.6. The maximum Gasteiger partial charge on any atom is 0.344 e. The van der Waals surface area contributed by atoms with Gasteiger partial charge in [0.05, 0.1) is 16.0 Å². The summed E-state index contributed by atoms with van der Waals surface area (Å²) in [5.41, 5.74) is -0.292. The summed E-state index contributed by atoms with van der Waals surface area (Å²) in [6.07, 6.45) is -0.276. The largest absolute Gasteiger partial charge is 0.474 e. The third-order valence-corrected chi connectivity index (χ3v) is 2.14. The lowest BCUT2D eigenvalue weighted by atomic mass is 10.3. The molecule has 0 bridgehead atoms. The van der Waals surface area contributed by atoms with E-state index in [-0.39, 0.29) is 22.6 Å². The van der Waals surface area contributed by atoms with Crippen molar-refractivity contribution in [3.63, 3.8) is 0 Å². The van der Waals surface area contributed by atoms with Crippen molar-refractivity contribution in [3.05, 3.63) is 33.3 Å². The van der Waals surface area contributed by atoms with Gasteiger partial charge in [-0.2, -0.15) is 0 Å². The van der Waals surface area contributed by atoms with E-state index in [4.69, 9.17) is 21.1 Å². The number of ether oxygens (including phenoxy) is 2. The highest BCUT2D eigenvalue weighted by Crippen LogP contribution is 2.34. The molecule has 98 valence electrons. The maximum atomic E-state index is 11.3. The van der Waals surface area contributed by atoms with E-state index >= 15 is 0 Å². The number of nitro groups is 1. The standard InChI is InChI=1S/C11H12ClNO5/c1-7(2)18-10(14)6-17-11-8(12)4-3-5-9(11)13(15)16/h3-5,7H,6H2,1-2H3. The number of nitrogens with zero attached hydrogens (tertiary/aromatic N) is 1. The Bertz CT molecular complexity index is 461. The first kappa shape index (κ1) is 14.2. The van der Waals surface area contributed by atoms with Gasteiger partial charge in [-0.05, 0) is 19.9 Å². The molecule has 0 fully saturated rings. The average molecular weight is 274 g/mol. The molecular weight excluding hydrogens is 262 g/mol. The second kappa shape index (κ2) is 6.20. The third kappa shape index (κ3) is 3.89. The lowest BCUT2D eigenvalue weighted by Crippen LogP contribution is -2.19. The van der Waals surface area contributed by atoms with Gasteiger partial charge in [0, 0.05) is 6.07 Å². The molecule has 1 aromatic carbocycles. The molecule has 1 rings (SSSR count). The topological polar surface area (TPSA) is 78.7 Å². The molecule has 0 unspecified atom stereocenters. The van der Waals surface area contributed by atoms with Gasteiger partial charge in [0.2, 0.25) is 5.75 Å². The van der Waals surface area contributed by atoms with Gasteiger partial charge in [-0.1, -0.05) is 17.7 Å². The molecule has 0 aromatic heterocycles. The molecule has 0 saturated heterocycles. The number of esters is 1. The van der Waals surface area contributed by atoms with E-state index < -0.39 is 17.5 Å². The molecular formula is C11H12ClNO5. The maximum absolute atomic E-state index is 11.3. The Morgan fingerprint density at radius 2 is 2.17 bits per heavy atom. The summed E-state index contributed by atoms with van der Waals surface area (Å²) < 4.78 is 9.88. The molecule has 0 aliphatic heterocycles. The molecule has 6 nitrogen and oxygen atoms in total. The molecule has 18 heavy (non-hydrogen) atoms. The van der Waals surface area contributed by atoms with E-state index in [0.29, 0.717) is 0 Å². The number of carbonyl (C=O) groups is 1. The summed E-state index contributed by atoms with van der Waals surface area (Å²) in [7, 11) is 0. The Labute approximate surface area is 109 Å². The monoisotopic (exact) mass is 273 g/mol. The van der Waals surface area contributed by atoms with Crippen LogP contribution in [0.1, 0.15) is 13.8 Å². The highest BCUT2D eigenvalue weighted by Gasteiger charge is 2.19. The zero-order valence-electron chi connectivity index (χ0n) is 9.88. The summed E-state index contributed by atoms with van der Waals surface area (Å²) in [6, 6.07) is 4.12. The molecule has 0 atom stereocenters. The Balaban J connectivity index is 2.78. The van der Waals surface area contributed by atoms with Gasteiger partial charge < -0.3 is 9.47 Å². The minimum absolute atomic E-state index is 0.0709. The van der Waals surface area contributed by atoms with Crippen molar-refractivity contribution in [3.8, 4) is 5.75 Å². The third-order valence-electron chi connectivity index (χ3n) is 1.84. The first-order chi connectivity index (χ1) is 8.41. The van der Waals surface area contributed by atoms with Crippen molar-refractivity contribution in [2.45, 2.75) is 20.0 Å².